The molecule has 0 saturated carbocycles. The molecule has 3 rings (SSSR count). The Morgan fingerprint density at radius 2 is 2.00 bits per heavy atom. The summed E-state index contributed by atoms with van der Waals surface area (Å²) in [7, 11) is 3.90. The van der Waals surface area contributed by atoms with Crippen molar-refractivity contribution in [2.45, 2.75) is 37.8 Å². The average Bonchev–Trinajstić information content (AvgIpc) is 3.22. The van der Waals surface area contributed by atoms with Gasteiger partial charge in [0.2, 0.25) is 11.8 Å². The fourth-order valence-corrected chi connectivity index (χ4v) is 4.18. The predicted molar refractivity (Wildman–Crippen MR) is 106 cm³/mol. The van der Waals surface area contributed by atoms with Crippen LogP contribution in [0.4, 0.5) is 0 Å². The van der Waals surface area contributed by atoms with Crippen molar-refractivity contribution in [1.29, 1.82) is 0 Å². The van der Waals surface area contributed by atoms with Gasteiger partial charge in [0.05, 0.1) is 6.04 Å². The highest BCUT2D eigenvalue weighted by atomic mass is 16.2. The van der Waals surface area contributed by atoms with Crippen LogP contribution >= 0.6 is 0 Å². The van der Waals surface area contributed by atoms with Crippen LogP contribution in [0.15, 0.2) is 30.3 Å². The Kier molecular flexibility index (Phi) is 6.85. The second-order valence-electron chi connectivity index (χ2n) is 7.96. The second-order valence-corrected chi connectivity index (χ2v) is 7.96. The summed E-state index contributed by atoms with van der Waals surface area (Å²) in [5.74, 6) is 0.581. The summed E-state index contributed by atoms with van der Waals surface area (Å²) in [6, 6.07) is 9.65. The molecule has 2 N–H and O–H groups in total. The molecular formula is C21H32N4O2. The number of hydrogen-bond donors (Lipinski definition) is 2. The van der Waals surface area contributed by atoms with Gasteiger partial charge in [-0.1, -0.05) is 30.3 Å². The number of rotatable bonds is 6. The first-order valence-electron chi connectivity index (χ1n) is 10.1. The Morgan fingerprint density at radius 1 is 1.22 bits per heavy atom. The summed E-state index contributed by atoms with van der Waals surface area (Å²) in [6.45, 7) is 3.09. The third kappa shape index (κ3) is 5.08. The molecule has 2 fully saturated rings. The molecular weight excluding hydrogens is 340 g/mol. The molecule has 6 heteroatoms. The van der Waals surface area contributed by atoms with Crippen molar-refractivity contribution < 1.29 is 9.59 Å². The number of piperidine rings is 1. The molecule has 1 aromatic rings. The average molecular weight is 373 g/mol. The summed E-state index contributed by atoms with van der Waals surface area (Å²) in [4.78, 5) is 29.4. The van der Waals surface area contributed by atoms with Gasteiger partial charge in [-0.15, -0.1) is 0 Å². The van der Waals surface area contributed by atoms with E-state index >= 15 is 0 Å². The Labute approximate surface area is 162 Å². The fourth-order valence-electron chi connectivity index (χ4n) is 4.18. The van der Waals surface area contributed by atoms with Crippen molar-refractivity contribution in [2.24, 2.45) is 5.92 Å². The normalized spacial score (nSPS) is 24.0. The lowest BCUT2D eigenvalue weighted by molar-refractivity contribution is -0.138. The van der Waals surface area contributed by atoms with Gasteiger partial charge >= 0.3 is 0 Å². The van der Waals surface area contributed by atoms with Crippen molar-refractivity contribution in [2.75, 3.05) is 40.3 Å². The van der Waals surface area contributed by atoms with Crippen LogP contribution in [0, 0.1) is 5.92 Å². The SMILES string of the molecule is CN(C)C(C(=O)N1CCCC(CNC(=O)C2CCCN2)C1)c1ccccc1. The van der Waals surface area contributed by atoms with Gasteiger partial charge in [0, 0.05) is 19.6 Å². The number of likely N-dealkylation sites (tertiary alicyclic amines) is 1. The minimum atomic E-state index is -0.262. The standard InChI is InChI=1S/C21H32N4O2/c1-24(2)19(17-9-4-3-5-10-17)21(27)25-13-7-8-16(15-25)14-23-20(26)18-11-6-12-22-18/h3-5,9-10,16,18-19,22H,6-8,11-15H2,1-2H3,(H,23,26). The van der Waals surface area contributed by atoms with Crippen molar-refractivity contribution in [3.8, 4) is 0 Å². The van der Waals surface area contributed by atoms with Gasteiger partial charge in [-0.25, -0.2) is 0 Å². The van der Waals surface area contributed by atoms with E-state index in [0.717, 1.165) is 44.3 Å². The molecule has 1 aromatic carbocycles. The maximum Gasteiger partial charge on any atom is 0.244 e. The van der Waals surface area contributed by atoms with Crippen LogP contribution in [0.1, 0.15) is 37.3 Å². The number of likely N-dealkylation sites (N-methyl/N-ethyl adjacent to an activating group) is 1. The largest absolute Gasteiger partial charge is 0.354 e. The molecule has 0 spiro atoms. The highest BCUT2D eigenvalue weighted by molar-refractivity contribution is 5.83. The highest BCUT2D eigenvalue weighted by Crippen LogP contribution is 2.24. The van der Waals surface area contributed by atoms with E-state index in [1.54, 1.807) is 0 Å². The number of benzene rings is 1. The quantitative estimate of drug-likeness (QED) is 0.792. The minimum absolute atomic E-state index is 0.0393. The Bertz CT molecular complexity index is 628. The molecule has 2 aliphatic rings. The summed E-state index contributed by atoms with van der Waals surface area (Å²) in [5.41, 5.74) is 1.02. The summed E-state index contributed by atoms with van der Waals surface area (Å²) in [6.07, 6.45) is 4.03. The lowest BCUT2D eigenvalue weighted by Crippen LogP contribution is -2.49. The van der Waals surface area contributed by atoms with Crippen LogP contribution in [-0.4, -0.2) is 67.9 Å². The van der Waals surface area contributed by atoms with E-state index in [9.17, 15) is 9.59 Å². The number of amides is 2. The van der Waals surface area contributed by atoms with Gasteiger partial charge in [0.25, 0.3) is 0 Å². The van der Waals surface area contributed by atoms with E-state index in [-0.39, 0.29) is 23.9 Å². The molecule has 2 aliphatic heterocycles. The van der Waals surface area contributed by atoms with Crippen LogP contribution in [0.25, 0.3) is 0 Å². The summed E-state index contributed by atoms with van der Waals surface area (Å²) in [5, 5.41) is 6.32. The molecule has 27 heavy (non-hydrogen) atoms. The zero-order valence-electron chi connectivity index (χ0n) is 16.5. The first-order valence-corrected chi connectivity index (χ1v) is 10.1. The minimum Gasteiger partial charge on any atom is -0.354 e. The van der Waals surface area contributed by atoms with E-state index < -0.39 is 0 Å². The van der Waals surface area contributed by atoms with Gasteiger partial charge in [0.15, 0.2) is 0 Å². The molecule has 3 unspecified atom stereocenters. The maximum atomic E-state index is 13.2. The summed E-state index contributed by atoms with van der Waals surface area (Å²) >= 11 is 0. The third-order valence-corrected chi connectivity index (χ3v) is 5.64. The molecule has 2 amide bonds. The number of carbonyl (C=O) groups is 2. The first kappa shape index (κ1) is 19.8. The number of hydrogen-bond acceptors (Lipinski definition) is 4. The molecule has 0 radical (unpaired) electrons. The number of nitrogens with one attached hydrogen (secondary N) is 2. The number of carbonyl (C=O) groups excluding carboxylic acids is 2. The number of nitrogens with zero attached hydrogens (tertiary/aromatic N) is 2. The van der Waals surface area contributed by atoms with E-state index in [1.807, 2.05) is 54.2 Å². The summed E-state index contributed by atoms with van der Waals surface area (Å²) < 4.78 is 0. The fraction of sp³-hybridized carbons (Fsp3) is 0.619. The molecule has 6 nitrogen and oxygen atoms in total. The van der Waals surface area contributed by atoms with Crippen LogP contribution < -0.4 is 10.6 Å². The molecule has 2 saturated heterocycles. The molecule has 2 heterocycles. The second kappa shape index (κ2) is 9.33. The maximum absolute atomic E-state index is 13.2. The van der Waals surface area contributed by atoms with Gasteiger partial charge < -0.3 is 15.5 Å². The Balaban J connectivity index is 1.57. The van der Waals surface area contributed by atoms with Gasteiger partial charge in [-0.2, -0.15) is 0 Å². The van der Waals surface area contributed by atoms with Gasteiger partial charge in [-0.3, -0.25) is 14.5 Å². The smallest absolute Gasteiger partial charge is 0.244 e. The van der Waals surface area contributed by atoms with Crippen LogP contribution in [0.2, 0.25) is 0 Å². The lowest BCUT2D eigenvalue weighted by Gasteiger charge is -2.37. The van der Waals surface area contributed by atoms with Crippen molar-refractivity contribution in [3.63, 3.8) is 0 Å². The first-order chi connectivity index (χ1) is 13.1. The molecule has 3 atom stereocenters. The van der Waals surface area contributed by atoms with E-state index in [1.165, 1.54) is 0 Å². The zero-order chi connectivity index (χ0) is 19.2. The predicted octanol–water partition coefficient (Wildman–Crippen LogP) is 1.40. The third-order valence-electron chi connectivity index (χ3n) is 5.64. The highest BCUT2D eigenvalue weighted by Gasteiger charge is 2.31. The van der Waals surface area contributed by atoms with Crippen molar-refractivity contribution in [3.05, 3.63) is 35.9 Å². The van der Waals surface area contributed by atoms with Gasteiger partial charge in [0.1, 0.15) is 6.04 Å². The van der Waals surface area contributed by atoms with E-state index in [2.05, 4.69) is 10.6 Å². The zero-order valence-corrected chi connectivity index (χ0v) is 16.5. The Morgan fingerprint density at radius 3 is 2.67 bits per heavy atom. The topological polar surface area (TPSA) is 64.7 Å². The van der Waals surface area contributed by atoms with Crippen molar-refractivity contribution in [1.82, 2.24) is 20.4 Å². The van der Waals surface area contributed by atoms with E-state index in [4.69, 9.17) is 0 Å². The van der Waals surface area contributed by atoms with Crippen LogP contribution in [-0.2, 0) is 9.59 Å². The Hall–Kier alpha value is -1.92. The molecule has 148 valence electrons. The molecule has 0 bridgehead atoms. The van der Waals surface area contributed by atoms with Crippen LogP contribution in [0.3, 0.4) is 0 Å². The monoisotopic (exact) mass is 372 g/mol. The molecule has 0 aromatic heterocycles. The van der Waals surface area contributed by atoms with E-state index in [0.29, 0.717) is 19.0 Å². The molecule has 0 aliphatic carbocycles. The van der Waals surface area contributed by atoms with Crippen molar-refractivity contribution >= 4 is 11.8 Å². The van der Waals surface area contributed by atoms with Crippen LogP contribution in [0.5, 0.6) is 0 Å². The lowest BCUT2D eigenvalue weighted by atomic mass is 9.96. The van der Waals surface area contributed by atoms with Gasteiger partial charge in [-0.05, 0) is 57.8 Å².